The highest BCUT2D eigenvalue weighted by molar-refractivity contribution is 5.78. The average Bonchev–Trinajstić information content (AvgIpc) is 2.20. The van der Waals surface area contributed by atoms with E-state index in [0.29, 0.717) is 17.1 Å². The lowest BCUT2D eigenvalue weighted by atomic mass is 9.81. The molecule has 1 heteroatoms. The fourth-order valence-corrected chi connectivity index (χ4v) is 2.82. The van der Waals surface area contributed by atoms with Crippen LogP contribution in [0.1, 0.15) is 86.5 Å². The molecule has 0 fully saturated rings. The first-order valence-electron chi connectivity index (χ1n) is 7.76. The number of Topliss-reactive ketones (excluding diaryl/α,β-unsaturated/α-hetero) is 1. The third-order valence-corrected chi connectivity index (χ3v) is 3.70. The molecule has 2 unspecified atom stereocenters. The Morgan fingerprint density at radius 3 is 2.11 bits per heavy atom. The molecule has 0 aliphatic rings. The molecule has 0 N–H and O–H groups in total. The van der Waals surface area contributed by atoms with Gasteiger partial charge in [-0.05, 0) is 37.5 Å². The van der Waals surface area contributed by atoms with Crippen molar-refractivity contribution < 1.29 is 4.79 Å². The van der Waals surface area contributed by atoms with Crippen LogP contribution in [0.15, 0.2) is 0 Å². The van der Waals surface area contributed by atoms with E-state index in [4.69, 9.17) is 0 Å². The Kier molecular flexibility index (Phi) is 8.56. The molecule has 2 atom stereocenters. The van der Waals surface area contributed by atoms with Crippen molar-refractivity contribution in [3.63, 3.8) is 0 Å². The van der Waals surface area contributed by atoms with Gasteiger partial charge in [0.1, 0.15) is 5.78 Å². The van der Waals surface area contributed by atoms with Gasteiger partial charge in [0.15, 0.2) is 0 Å². The standard InChI is InChI=1S/C17H34O/c1-7-8-9-10-16(15(3)18)12-11-14(2)13-17(4,5)6/h14,16H,7-13H2,1-6H3. The van der Waals surface area contributed by atoms with Gasteiger partial charge in [0.25, 0.3) is 0 Å². The van der Waals surface area contributed by atoms with Crippen LogP contribution >= 0.6 is 0 Å². The summed E-state index contributed by atoms with van der Waals surface area (Å²) < 4.78 is 0. The lowest BCUT2D eigenvalue weighted by molar-refractivity contribution is -0.121. The highest BCUT2D eigenvalue weighted by atomic mass is 16.1. The van der Waals surface area contributed by atoms with E-state index in [1.54, 1.807) is 6.92 Å². The zero-order valence-electron chi connectivity index (χ0n) is 13.5. The highest BCUT2D eigenvalue weighted by Crippen LogP contribution is 2.28. The molecule has 0 amide bonds. The largest absolute Gasteiger partial charge is 0.300 e. The molecule has 0 aliphatic carbocycles. The maximum atomic E-state index is 11.6. The Morgan fingerprint density at radius 2 is 1.67 bits per heavy atom. The number of unbranched alkanes of at least 4 members (excludes halogenated alkanes) is 2. The van der Waals surface area contributed by atoms with Gasteiger partial charge in [-0.2, -0.15) is 0 Å². The molecule has 0 saturated heterocycles. The number of rotatable bonds is 9. The summed E-state index contributed by atoms with van der Waals surface area (Å²) in [5.41, 5.74) is 0.410. The molecule has 0 spiro atoms. The molecule has 1 nitrogen and oxygen atoms in total. The van der Waals surface area contributed by atoms with Crippen LogP contribution in [-0.2, 0) is 4.79 Å². The summed E-state index contributed by atoms with van der Waals surface area (Å²) >= 11 is 0. The van der Waals surface area contributed by atoms with Gasteiger partial charge in [-0.25, -0.2) is 0 Å². The molecule has 0 rings (SSSR count). The minimum absolute atomic E-state index is 0.318. The SMILES string of the molecule is CCCCCC(CCC(C)CC(C)(C)C)C(C)=O. The number of carbonyl (C=O) groups excluding carboxylic acids is 1. The first-order chi connectivity index (χ1) is 8.26. The van der Waals surface area contributed by atoms with Crippen molar-refractivity contribution in [2.45, 2.75) is 86.5 Å². The van der Waals surface area contributed by atoms with E-state index in [-0.39, 0.29) is 0 Å². The molecule has 0 bridgehead atoms. The molecule has 0 aromatic rings. The molecule has 0 heterocycles. The van der Waals surface area contributed by atoms with Crippen LogP contribution in [0, 0.1) is 17.3 Å². The van der Waals surface area contributed by atoms with Crippen LogP contribution in [0.5, 0.6) is 0 Å². The quantitative estimate of drug-likeness (QED) is 0.488. The topological polar surface area (TPSA) is 17.1 Å². The van der Waals surface area contributed by atoms with Crippen molar-refractivity contribution in [2.75, 3.05) is 0 Å². The Labute approximate surface area is 115 Å². The summed E-state index contributed by atoms with van der Waals surface area (Å²) in [6.07, 6.45) is 8.38. The molecule has 0 radical (unpaired) electrons. The van der Waals surface area contributed by atoms with Crippen molar-refractivity contribution in [3.05, 3.63) is 0 Å². The fraction of sp³-hybridized carbons (Fsp3) is 0.941. The first kappa shape index (κ1) is 17.7. The minimum Gasteiger partial charge on any atom is -0.300 e. The Balaban J connectivity index is 3.99. The van der Waals surface area contributed by atoms with E-state index in [9.17, 15) is 4.79 Å². The second-order valence-corrected chi connectivity index (χ2v) is 7.25. The molecule has 0 aliphatic heterocycles. The molecule has 0 saturated carbocycles. The van der Waals surface area contributed by atoms with E-state index < -0.39 is 0 Å². The molecular formula is C17H34O. The maximum Gasteiger partial charge on any atom is 0.132 e. The highest BCUT2D eigenvalue weighted by Gasteiger charge is 2.18. The average molecular weight is 254 g/mol. The summed E-state index contributed by atoms with van der Waals surface area (Å²) in [7, 11) is 0. The molecule has 0 aromatic heterocycles. The predicted molar refractivity (Wildman–Crippen MR) is 80.8 cm³/mol. The minimum atomic E-state index is 0.318. The van der Waals surface area contributed by atoms with E-state index >= 15 is 0 Å². The lowest BCUT2D eigenvalue weighted by Gasteiger charge is -2.24. The molecule has 108 valence electrons. The summed E-state index contributed by atoms with van der Waals surface area (Å²) in [5.74, 6) is 1.45. The van der Waals surface area contributed by atoms with Gasteiger partial charge in [-0.3, -0.25) is 4.79 Å². The second kappa shape index (κ2) is 8.72. The number of hydrogen-bond donors (Lipinski definition) is 0. The van der Waals surface area contributed by atoms with Gasteiger partial charge in [0.2, 0.25) is 0 Å². The predicted octanol–water partition coefficient (Wildman–Crippen LogP) is 5.62. The van der Waals surface area contributed by atoms with Gasteiger partial charge in [-0.1, -0.05) is 60.3 Å². The third-order valence-electron chi connectivity index (χ3n) is 3.70. The summed E-state index contributed by atoms with van der Waals surface area (Å²) in [6, 6.07) is 0. The van der Waals surface area contributed by atoms with Gasteiger partial charge >= 0.3 is 0 Å². The van der Waals surface area contributed by atoms with Gasteiger partial charge in [0, 0.05) is 5.92 Å². The van der Waals surface area contributed by atoms with Gasteiger partial charge < -0.3 is 0 Å². The first-order valence-corrected chi connectivity index (χ1v) is 7.76. The van der Waals surface area contributed by atoms with Gasteiger partial charge in [-0.15, -0.1) is 0 Å². The van der Waals surface area contributed by atoms with E-state index in [1.807, 2.05) is 0 Å². The summed E-state index contributed by atoms with van der Waals surface area (Å²) in [6.45, 7) is 13.2. The Bertz CT molecular complexity index is 224. The fourth-order valence-electron chi connectivity index (χ4n) is 2.82. The van der Waals surface area contributed by atoms with Crippen molar-refractivity contribution in [1.82, 2.24) is 0 Å². The van der Waals surface area contributed by atoms with Crippen LogP contribution in [0.25, 0.3) is 0 Å². The monoisotopic (exact) mass is 254 g/mol. The Morgan fingerprint density at radius 1 is 1.06 bits per heavy atom. The molecule has 0 aromatic carbocycles. The number of carbonyl (C=O) groups is 1. The Hall–Kier alpha value is -0.330. The van der Waals surface area contributed by atoms with Gasteiger partial charge in [0.05, 0.1) is 0 Å². The zero-order valence-corrected chi connectivity index (χ0v) is 13.5. The van der Waals surface area contributed by atoms with Crippen molar-refractivity contribution in [2.24, 2.45) is 17.3 Å². The lowest BCUT2D eigenvalue weighted by Crippen LogP contribution is -2.15. The van der Waals surface area contributed by atoms with Crippen molar-refractivity contribution in [3.8, 4) is 0 Å². The van der Waals surface area contributed by atoms with Crippen molar-refractivity contribution >= 4 is 5.78 Å². The summed E-state index contributed by atoms with van der Waals surface area (Å²) in [4.78, 5) is 11.6. The van der Waals surface area contributed by atoms with Crippen LogP contribution in [-0.4, -0.2) is 5.78 Å². The van der Waals surface area contributed by atoms with E-state index in [1.165, 1.54) is 32.1 Å². The van der Waals surface area contributed by atoms with E-state index in [2.05, 4.69) is 34.6 Å². The molecule has 18 heavy (non-hydrogen) atoms. The second-order valence-electron chi connectivity index (χ2n) is 7.25. The normalized spacial score (nSPS) is 15.4. The molecular weight excluding hydrogens is 220 g/mol. The van der Waals surface area contributed by atoms with Crippen LogP contribution < -0.4 is 0 Å². The number of ketones is 1. The van der Waals surface area contributed by atoms with Crippen LogP contribution in [0.2, 0.25) is 0 Å². The van der Waals surface area contributed by atoms with E-state index in [0.717, 1.165) is 18.8 Å². The summed E-state index contributed by atoms with van der Waals surface area (Å²) in [5, 5.41) is 0. The van der Waals surface area contributed by atoms with Crippen LogP contribution in [0.4, 0.5) is 0 Å². The van der Waals surface area contributed by atoms with Crippen LogP contribution in [0.3, 0.4) is 0 Å². The number of hydrogen-bond acceptors (Lipinski definition) is 1. The van der Waals surface area contributed by atoms with Crippen molar-refractivity contribution in [1.29, 1.82) is 0 Å². The maximum absolute atomic E-state index is 11.6. The smallest absolute Gasteiger partial charge is 0.132 e. The zero-order chi connectivity index (χ0) is 14.2. The third kappa shape index (κ3) is 9.67.